The third-order valence-corrected chi connectivity index (χ3v) is 1.46. The van der Waals surface area contributed by atoms with Crippen LogP contribution in [0.25, 0.3) is 0 Å². The minimum atomic E-state index is 1.51. The van der Waals surface area contributed by atoms with Crippen LogP contribution in [0.3, 0.4) is 0 Å². The predicted molar refractivity (Wildman–Crippen MR) is 64.4 cm³/mol. The smallest absolute Gasteiger partial charge is 0.122 e. The highest BCUT2D eigenvalue weighted by molar-refractivity contribution is 5.70. The van der Waals surface area contributed by atoms with Crippen molar-refractivity contribution in [2.24, 2.45) is 5.16 Å². The molecular weight excluding hydrogens is 186 g/mol. The first-order chi connectivity index (χ1) is 7.50. The molecule has 0 aromatic heterocycles. The van der Waals surface area contributed by atoms with Gasteiger partial charge in [0.25, 0.3) is 0 Å². The van der Waals surface area contributed by atoms with E-state index in [2.05, 4.69) is 5.16 Å². The maximum absolute atomic E-state index is 4.83. The van der Waals surface area contributed by atoms with Gasteiger partial charge in [-0.05, 0) is 12.2 Å². The quantitative estimate of drug-likeness (QED) is 0.586. The lowest BCUT2D eigenvalue weighted by atomic mass is 10.3. The van der Waals surface area contributed by atoms with Crippen molar-refractivity contribution in [2.75, 3.05) is 0 Å². The van der Waals surface area contributed by atoms with Gasteiger partial charge in [-0.1, -0.05) is 59.8 Å². The van der Waals surface area contributed by atoms with Gasteiger partial charge < -0.3 is 4.84 Å². The van der Waals surface area contributed by atoms with Gasteiger partial charge in [0.15, 0.2) is 0 Å². The Morgan fingerprint density at radius 2 is 1.00 bits per heavy atom. The highest BCUT2D eigenvalue weighted by Crippen LogP contribution is 1.86. The van der Waals surface area contributed by atoms with Crippen molar-refractivity contribution in [3.05, 3.63) is 73.1 Å². The molecule has 0 spiro atoms. The summed E-state index contributed by atoms with van der Waals surface area (Å²) in [6.07, 6.45) is 24.0. The fourth-order valence-corrected chi connectivity index (χ4v) is 0.813. The van der Waals surface area contributed by atoms with E-state index in [-0.39, 0.29) is 0 Å². The molecular formula is C13H13NO. The lowest BCUT2D eigenvalue weighted by Crippen LogP contribution is -1.68. The summed E-state index contributed by atoms with van der Waals surface area (Å²) >= 11 is 0. The van der Waals surface area contributed by atoms with Gasteiger partial charge in [-0.3, -0.25) is 0 Å². The molecule has 0 aliphatic carbocycles. The Labute approximate surface area is 89.9 Å². The molecule has 0 amide bonds. The van der Waals surface area contributed by atoms with Crippen molar-refractivity contribution >= 4 is 6.21 Å². The third kappa shape index (κ3) is 7.02. The molecule has 0 radical (unpaired) electrons. The second kappa shape index (κ2) is 8.51. The van der Waals surface area contributed by atoms with Crippen LogP contribution in [-0.4, -0.2) is 6.21 Å². The summed E-state index contributed by atoms with van der Waals surface area (Å²) < 4.78 is 0. The van der Waals surface area contributed by atoms with Gasteiger partial charge in [0.1, 0.15) is 6.26 Å². The van der Waals surface area contributed by atoms with Crippen molar-refractivity contribution in [2.45, 2.75) is 0 Å². The largest absolute Gasteiger partial charge is 0.365 e. The molecule has 15 heavy (non-hydrogen) atoms. The average Bonchev–Trinajstić information content (AvgIpc) is 2.27. The minimum Gasteiger partial charge on any atom is -0.365 e. The molecule has 1 rings (SSSR count). The summed E-state index contributed by atoms with van der Waals surface area (Å²) in [7, 11) is 0. The van der Waals surface area contributed by atoms with Crippen LogP contribution in [0.5, 0.6) is 0 Å². The molecule has 0 bridgehead atoms. The van der Waals surface area contributed by atoms with Gasteiger partial charge in [0.05, 0.1) is 6.21 Å². The number of oxime groups is 1. The molecule has 0 unspecified atom stereocenters. The monoisotopic (exact) mass is 199 g/mol. The summed E-state index contributed by atoms with van der Waals surface area (Å²) in [5.74, 6) is 0. The van der Waals surface area contributed by atoms with E-state index in [4.69, 9.17) is 4.84 Å². The van der Waals surface area contributed by atoms with Crippen molar-refractivity contribution in [1.82, 2.24) is 0 Å². The van der Waals surface area contributed by atoms with E-state index in [1.54, 1.807) is 18.4 Å². The summed E-state index contributed by atoms with van der Waals surface area (Å²) in [5.41, 5.74) is 0. The lowest BCUT2D eigenvalue weighted by molar-refractivity contribution is 0.271. The van der Waals surface area contributed by atoms with Gasteiger partial charge in [0.2, 0.25) is 0 Å². The zero-order chi connectivity index (χ0) is 10.6. The van der Waals surface area contributed by atoms with Gasteiger partial charge in [-0.15, -0.1) is 0 Å². The molecule has 0 N–H and O–H groups in total. The van der Waals surface area contributed by atoms with Gasteiger partial charge in [-0.25, -0.2) is 0 Å². The van der Waals surface area contributed by atoms with Crippen LogP contribution in [0.4, 0.5) is 0 Å². The van der Waals surface area contributed by atoms with E-state index < -0.39 is 0 Å². The highest BCUT2D eigenvalue weighted by atomic mass is 16.6. The van der Waals surface area contributed by atoms with Crippen LogP contribution >= 0.6 is 0 Å². The Morgan fingerprint density at radius 1 is 0.533 bits per heavy atom. The number of rotatable bonds is 0. The van der Waals surface area contributed by atoms with E-state index in [0.29, 0.717) is 0 Å². The number of hydrogen-bond donors (Lipinski definition) is 0. The third-order valence-electron chi connectivity index (χ3n) is 1.46. The van der Waals surface area contributed by atoms with E-state index in [9.17, 15) is 0 Å². The molecule has 2 heteroatoms. The molecule has 0 aromatic carbocycles. The molecule has 0 saturated carbocycles. The first kappa shape index (κ1) is 11.0. The summed E-state index contributed by atoms with van der Waals surface area (Å²) in [5, 5.41) is 3.68. The fraction of sp³-hybridized carbons (Fsp3) is 0. The number of allylic oxidation sites excluding steroid dienone is 11. The maximum atomic E-state index is 4.83. The lowest BCUT2D eigenvalue weighted by Gasteiger charge is -1.82. The normalized spacial score (nSPS) is 30.9. The maximum Gasteiger partial charge on any atom is 0.122 e. The Morgan fingerprint density at radius 3 is 1.60 bits per heavy atom. The van der Waals surface area contributed by atoms with Crippen LogP contribution in [0.1, 0.15) is 0 Å². The Hall–Kier alpha value is -2.09. The van der Waals surface area contributed by atoms with Crippen LogP contribution in [0.2, 0.25) is 0 Å². The van der Waals surface area contributed by atoms with E-state index in [0.717, 1.165) is 0 Å². The minimum absolute atomic E-state index is 1.51. The molecule has 1 aliphatic rings. The van der Waals surface area contributed by atoms with Gasteiger partial charge in [0, 0.05) is 0 Å². The molecule has 0 atom stereocenters. The van der Waals surface area contributed by atoms with Crippen LogP contribution in [-0.2, 0) is 4.84 Å². The molecule has 0 aromatic rings. The zero-order valence-electron chi connectivity index (χ0n) is 8.36. The second-order valence-corrected chi connectivity index (χ2v) is 2.61. The number of hydrogen-bond acceptors (Lipinski definition) is 2. The topological polar surface area (TPSA) is 21.6 Å². The first-order valence-corrected chi connectivity index (χ1v) is 4.68. The van der Waals surface area contributed by atoms with Gasteiger partial charge in [-0.2, -0.15) is 0 Å². The van der Waals surface area contributed by atoms with Crippen LogP contribution in [0, 0.1) is 0 Å². The van der Waals surface area contributed by atoms with Crippen molar-refractivity contribution < 1.29 is 4.84 Å². The standard InChI is InChI=1S/C13H13NO/c1-2-4-6-8-10-12-14-15-13-11-9-7-5-3-1/h1-13H/b2-1-,5-3-,6-4-,9-7+,10-8-,13-11-,14-12-. The van der Waals surface area contributed by atoms with Gasteiger partial charge >= 0.3 is 0 Å². The molecule has 0 fully saturated rings. The SMILES string of the molecule is C1=C\C=C/C=N\O\C=C/C=C/C=C\C=C/1. The summed E-state index contributed by atoms with van der Waals surface area (Å²) in [4.78, 5) is 4.83. The van der Waals surface area contributed by atoms with E-state index in [1.807, 2.05) is 54.7 Å². The number of nitrogens with zero attached hydrogens (tertiary/aromatic N) is 1. The van der Waals surface area contributed by atoms with Crippen LogP contribution in [0.15, 0.2) is 78.3 Å². The first-order valence-electron chi connectivity index (χ1n) is 4.68. The predicted octanol–water partition coefficient (Wildman–Crippen LogP) is 3.30. The molecule has 1 heterocycles. The van der Waals surface area contributed by atoms with Crippen molar-refractivity contribution in [3.8, 4) is 0 Å². The van der Waals surface area contributed by atoms with E-state index in [1.165, 1.54) is 6.26 Å². The molecule has 76 valence electrons. The van der Waals surface area contributed by atoms with Crippen LogP contribution < -0.4 is 0 Å². The molecule has 1 aliphatic heterocycles. The Bertz CT molecular complexity index is 321. The van der Waals surface area contributed by atoms with Crippen molar-refractivity contribution in [3.63, 3.8) is 0 Å². The average molecular weight is 199 g/mol. The molecule has 0 saturated heterocycles. The van der Waals surface area contributed by atoms with Crippen molar-refractivity contribution in [1.29, 1.82) is 0 Å². The Kier molecular flexibility index (Phi) is 6.23. The van der Waals surface area contributed by atoms with E-state index >= 15 is 0 Å². The fourth-order valence-electron chi connectivity index (χ4n) is 0.813. The second-order valence-electron chi connectivity index (χ2n) is 2.61. The zero-order valence-corrected chi connectivity index (χ0v) is 8.36. The molecule has 2 nitrogen and oxygen atoms in total. The highest BCUT2D eigenvalue weighted by Gasteiger charge is 1.68. The summed E-state index contributed by atoms with van der Waals surface area (Å²) in [6.45, 7) is 0. The Balaban J connectivity index is 2.62. The summed E-state index contributed by atoms with van der Waals surface area (Å²) in [6, 6.07) is 0.